The topological polar surface area (TPSA) is 72.8 Å². The van der Waals surface area contributed by atoms with Gasteiger partial charge in [-0.3, -0.25) is 4.79 Å². The van der Waals surface area contributed by atoms with E-state index >= 15 is 0 Å². The molecule has 148 valence electrons. The van der Waals surface area contributed by atoms with Gasteiger partial charge in [-0.2, -0.15) is 0 Å². The van der Waals surface area contributed by atoms with Crippen molar-refractivity contribution in [2.75, 3.05) is 7.11 Å². The molecule has 2 rings (SSSR count). The standard InChI is InChI=1S/C22H30O5/c1-6-7-8-9-10-14(2)18(23)13-17-19(21(24)26-5)16-11-12-27-15(3)20(16)22(17,4)25/h11-14,25H,6-10H2,1-5H3/b17-13-/t14-,22+/m0/s1. The molecule has 2 atom stereocenters. The molecule has 0 saturated heterocycles. The van der Waals surface area contributed by atoms with Crippen LogP contribution in [0.15, 0.2) is 46.5 Å². The van der Waals surface area contributed by atoms with Crippen LogP contribution in [0.25, 0.3) is 0 Å². The Labute approximate surface area is 161 Å². The van der Waals surface area contributed by atoms with Gasteiger partial charge in [-0.25, -0.2) is 4.79 Å². The summed E-state index contributed by atoms with van der Waals surface area (Å²) in [5, 5.41) is 11.2. The number of esters is 1. The van der Waals surface area contributed by atoms with Crippen LogP contribution >= 0.6 is 0 Å². The Morgan fingerprint density at radius 3 is 2.67 bits per heavy atom. The molecule has 0 aromatic rings. The van der Waals surface area contributed by atoms with E-state index in [4.69, 9.17) is 9.47 Å². The van der Waals surface area contributed by atoms with Gasteiger partial charge >= 0.3 is 5.97 Å². The molecule has 0 spiro atoms. The van der Waals surface area contributed by atoms with Gasteiger partial charge in [0, 0.05) is 22.6 Å². The molecule has 0 unspecified atom stereocenters. The Kier molecular flexibility index (Phi) is 6.82. The van der Waals surface area contributed by atoms with Crippen molar-refractivity contribution in [2.45, 2.75) is 65.4 Å². The van der Waals surface area contributed by atoms with Crippen LogP contribution in [0.2, 0.25) is 0 Å². The van der Waals surface area contributed by atoms with Crippen LogP contribution in [-0.4, -0.2) is 29.6 Å². The first-order valence-corrected chi connectivity index (χ1v) is 9.61. The molecule has 27 heavy (non-hydrogen) atoms. The quantitative estimate of drug-likeness (QED) is 0.393. The lowest BCUT2D eigenvalue weighted by molar-refractivity contribution is -0.135. The number of carbonyl (C=O) groups is 2. The van der Waals surface area contributed by atoms with Gasteiger partial charge in [0.15, 0.2) is 5.78 Å². The largest absolute Gasteiger partial charge is 0.469 e. The van der Waals surface area contributed by atoms with Crippen molar-refractivity contribution in [2.24, 2.45) is 5.92 Å². The first kappa shape index (κ1) is 21.2. The van der Waals surface area contributed by atoms with E-state index in [-0.39, 0.29) is 22.8 Å². The zero-order chi connectivity index (χ0) is 20.2. The van der Waals surface area contributed by atoms with Gasteiger partial charge in [-0.1, -0.05) is 39.5 Å². The number of carbonyl (C=O) groups excluding carboxylic acids is 2. The summed E-state index contributed by atoms with van der Waals surface area (Å²) in [6.45, 7) is 7.34. The lowest BCUT2D eigenvalue weighted by atomic mass is 9.87. The number of methoxy groups -OCH3 is 1. The molecule has 0 aromatic carbocycles. The molecule has 0 radical (unpaired) electrons. The highest BCUT2D eigenvalue weighted by molar-refractivity contribution is 6.03. The van der Waals surface area contributed by atoms with Gasteiger partial charge in [0.1, 0.15) is 11.4 Å². The van der Waals surface area contributed by atoms with Crippen LogP contribution < -0.4 is 0 Å². The van der Waals surface area contributed by atoms with Crippen LogP contribution in [0, 0.1) is 5.92 Å². The molecular formula is C22H30O5. The summed E-state index contributed by atoms with van der Waals surface area (Å²) in [4.78, 5) is 25.2. The first-order valence-electron chi connectivity index (χ1n) is 9.61. The van der Waals surface area contributed by atoms with Gasteiger partial charge < -0.3 is 14.6 Å². The van der Waals surface area contributed by atoms with Crippen LogP contribution in [0.3, 0.4) is 0 Å². The SMILES string of the molecule is CCCCCC[C@H](C)C(=O)/C=C1/C(C(=O)OC)=C2C=COC(C)=C2[C@]1(C)O. The van der Waals surface area contributed by atoms with Crippen LogP contribution in [-0.2, 0) is 19.1 Å². The smallest absolute Gasteiger partial charge is 0.338 e. The van der Waals surface area contributed by atoms with Crippen molar-refractivity contribution in [3.05, 3.63) is 46.5 Å². The number of fused-ring (bicyclic) bond motifs is 1. The van der Waals surface area contributed by atoms with Crippen molar-refractivity contribution < 1.29 is 24.2 Å². The maximum Gasteiger partial charge on any atom is 0.338 e. The zero-order valence-electron chi connectivity index (χ0n) is 16.9. The normalized spacial score (nSPS) is 24.1. The third-order valence-electron chi connectivity index (χ3n) is 5.30. The fourth-order valence-corrected chi connectivity index (χ4v) is 3.71. The Balaban J connectivity index is 2.38. The number of aliphatic hydroxyl groups is 1. The lowest BCUT2D eigenvalue weighted by Crippen LogP contribution is -2.29. The molecule has 0 bridgehead atoms. The summed E-state index contributed by atoms with van der Waals surface area (Å²) in [5.41, 5.74) is 0.0538. The van der Waals surface area contributed by atoms with Crippen molar-refractivity contribution in [3.8, 4) is 0 Å². The highest BCUT2D eigenvalue weighted by atomic mass is 16.5. The number of unbranched alkanes of at least 4 members (excludes halogenated alkanes) is 3. The molecule has 0 saturated carbocycles. The summed E-state index contributed by atoms with van der Waals surface area (Å²) in [7, 11) is 1.29. The van der Waals surface area contributed by atoms with E-state index in [9.17, 15) is 14.7 Å². The Bertz CT molecular complexity index is 734. The summed E-state index contributed by atoms with van der Waals surface area (Å²) >= 11 is 0. The van der Waals surface area contributed by atoms with E-state index in [1.54, 1.807) is 19.9 Å². The van der Waals surface area contributed by atoms with E-state index in [1.807, 2.05) is 6.92 Å². The number of hydrogen-bond donors (Lipinski definition) is 1. The molecule has 0 aromatic heterocycles. The third-order valence-corrected chi connectivity index (χ3v) is 5.30. The number of ether oxygens (including phenoxy) is 2. The van der Waals surface area contributed by atoms with Crippen molar-refractivity contribution in [1.29, 1.82) is 0 Å². The fraction of sp³-hybridized carbons (Fsp3) is 0.545. The van der Waals surface area contributed by atoms with Crippen molar-refractivity contribution in [1.82, 2.24) is 0 Å². The molecule has 1 N–H and O–H groups in total. The van der Waals surface area contributed by atoms with Crippen molar-refractivity contribution in [3.63, 3.8) is 0 Å². The fourth-order valence-electron chi connectivity index (χ4n) is 3.71. The monoisotopic (exact) mass is 374 g/mol. The lowest BCUT2D eigenvalue weighted by Gasteiger charge is -2.25. The zero-order valence-corrected chi connectivity index (χ0v) is 16.9. The average molecular weight is 374 g/mol. The molecule has 1 aliphatic carbocycles. The van der Waals surface area contributed by atoms with Gasteiger partial charge in [-0.15, -0.1) is 0 Å². The molecule has 1 aliphatic heterocycles. The maximum atomic E-state index is 12.8. The second-order valence-corrected chi connectivity index (χ2v) is 7.42. The molecular weight excluding hydrogens is 344 g/mol. The summed E-state index contributed by atoms with van der Waals surface area (Å²) in [6.07, 6.45) is 9.71. The Morgan fingerprint density at radius 1 is 1.33 bits per heavy atom. The average Bonchev–Trinajstić information content (AvgIpc) is 2.86. The van der Waals surface area contributed by atoms with Crippen LogP contribution in [0.5, 0.6) is 0 Å². The van der Waals surface area contributed by atoms with Crippen molar-refractivity contribution >= 4 is 11.8 Å². The molecule has 5 nitrogen and oxygen atoms in total. The van der Waals surface area contributed by atoms with Gasteiger partial charge in [0.2, 0.25) is 0 Å². The number of hydrogen-bond acceptors (Lipinski definition) is 5. The molecule has 0 amide bonds. The highest BCUT2D eigenvalue weighted by Gasteiger charge is 2.47. The van der Waals surface area contributed by atoms with Gasteiger partial charge in [0.05, 0.1) is 18.9 Å². The maximum absolute atomic E-state index is 12.8. The summed E-state index contributed by atoms with van der Waals surface area (Å²) in [6, 6.07) is 0. The molecule has 1 heterocycles. The van der Waals surface area contributed by atoms with Crippen LogP contribution in [0.1, 0.15) is 59.8 Å². The summed E-state index contributed by atoms with van der Waals surface area (Å²) < 4.78 is 10.3. The van der Waals surface area contributed by atoms with Gasteiger partial charge in [0.25, 0.3) is 0 Å². The van der Waals surface area contributed by atoms with E-state index < -0.39 is 11.6 Å². The minimum atomic E-state index is -1.49. The van der Waals surface area contributed by atoms with E-state index in [0.717, 1.165) is 32.1 Å². The van der Waals surface area contributed by atoms with Gasteiger partial charge in [-0.05, 0) is 32.4 Å². The second-order valence-electron chi connectivity index (χ2n) is 7.42. The Morgan fingerprint density at radius 2 is 2.04 bits per heavy atom. The second kappa shape index (κ2) is 8.70. The minimum absolute atomic E-state index is 0.0921. The molecule has 2 aliphatic rings. The van der Waals surface area contributed by atoms with E-state index in [2.05, 4.69) is 6.92 Å². The molecule has 5 heteroatoms. The number of ketones is 1. The van der Waals surface area contributed by atoms with Crippen LogP contribution in [0.4, 0.5) is 0 Å². The highest BCUT2D eigenvalue weighted by Crippen LogP contribution is 2.48. The Hall–Kier alpha value is -2.14. The first-order chi connectivity index (χ1) is 12.8. The third kappa shape index (κ3) is 4.24. The van der Waals surface area contributed by atoms with E-state index in [0.29, 0.717) is 16.9 Å². The predicted molar refractivity (Wildman–Crippen MR) is 104 cm³/mol. The summed E-state index contributed by atoms with van der Waals surface area (Å²) in [5.74, 6) is -0.333. The number of allylic oxidation sites excluding steroid dienone is 3. The molecule has 0 fully saturated rings. The predicted octanol–water partition coefficient (Wildman–Crippen LogP) is 4.14. The van der Waals surface area contributed by atoms with E-state index in [1.165, 1.54) is 19.4 Å². The minimum Gasteiger partial charge on any atom is -0.469 e. The number of rotatable bonds is 8.